The van der Waals surface area contributed by atoms with Gasteiger partial charge in [0.25, 0.3) is 0 Å². The van der Waals surface area contributed by atoms with Crippen LogP contribution in [0.4, 0.5) is 0 Å². The fourth-order valence-corrected chi connectivity index (χ4v) is 9.65. The number of hydrogen-bond acceptors (Lipinski definition) is 5. The standard InChI is InChI=1S/C45H33N3S2/c1-3-9-30(10-4-1)43-46-44(31-11-5-2-6-12-31)48-45(47-43)34-19-22-36-38-26-33(21-24-41(38)50-42(36)27-34)29-17-15-28(16-18-29)32-20-23-40-37(25-32)35-13-7-8-14-39(35)49-40/h1-27,43-48H. The third kappa shape index (κ3) is 5.32. The minimum Gasteiger partial charge on any atom is -0.279 e. The highest BCUT2D eigenvalue weighted by atomic mass is 32.1. The van der Waals surface area contributed by atoms with Gasteiger partial charge >= 0.3 is 0 Å². The van der Waals surface area contributed by atoms with Crippen molar-refractivity contribution in [1.82, 2.24) is 16.0 Å². The van der Waals surface area contributed by atoms with Crippen LogP contribution in [0.25, 0.3) is 62.6 Å². The van der Waals surface area contributed by atoms with Crippen LogP contribution in [0, 0.1) is 0 Å². The Bertz CT molecular complexity index is 2590. The number of fused-ring (bicyclic) bond motifs is 6. The Kier molecular flexibility index (Phi) is 7.33. The molecule has 240 valence electrons. The molecule has 0 saturated carbocycles. The van der Waals surface area contributed by atoms with Gasteiger partial charge in [0, 0.05) is 40.3 Å². The molecule has 3 nitrogen and oxygen atoms in total. The van der Waals surface area contributed by atoms with Gasteiger partial charge in [0.15, 0.2) is 0 Å². The van der Waals surface area contributed by atoms with Gasteiger partial charge in [0.1, 0.15) is 0 Å². The second-order valence-corrected chi connectivity index (χ2v) is 15.2. The summed E-state index contributed by atoms with van der Waals surface area (Å²) in [5, 5.41) is 16.7. The Morgan fingerprint density at radius 3 is 1.32 bits per heavy atom. The van der Waals surface area contributed by atoms with Gasteiger partial charge in [-0.05, 0) is 75.3 Å². The SMILES string of the molecule is c1ccc(C2NC(c3ccccc3)NC(c3ccc4c(c3)sc3ccc(-c5ccc(-c6ccc7sc8ccccc8c7c6)cc5)cc34)N2)cc1. The lowest BCUT2D eigenvalue weighted by Gasteiger charge is -2.39. The van der Waals surface area contributed by atoms with Crippen LogP contribution >= 0.6 is 22.7 Å². The molecule has 2 atom stereocenters. The zero-order valence-electron chi connectivity index (χ0n) is 27.1. The molecule has 50 heavy (non-hydrogen) atoms. The summed E-state index contributed by atoms with van der Waals surface area (Å²) in [6, 6.07) is 59.8. The number of hydrogen-bond donors (Lipinski definition) is 3. The van der Waals surface area contributed by atoms with Gasteiger partial charge in [-0.15, -0.1) is 22.7 Å². The first-order valence-electron chi connectivity index (χ1n) is 17.1. The van der Waals surface area contributed by atoms with E-state index in [9.17, 15) is 0 Å². The van der Waals surface area contributed by atoms with Crippen molar-refractivity contribution < 1.29 is 0 Å². The molecule has 1 aliphatic heterocycles. The molecule has 1 aliphatic rings. The molecule has 0 bridgehead atoms. The summed E-state index contributed by atoms with van der Waals surface area (Å²) in [5.41, 5.74) is 8.65. The number of benzene rings is 7. The van der Waals surface area contributed by atoms with Gasteiger partial charge in [-0.1, -0.05) is 127 Å². The molecule has 0 spiro atoms. The molecule has 0 amide bonds. The number of thiophene rings is 2. The minimum atomic E-state index is -0.0190. The van der Waals surface area contributed by atoms with Crippen molar-refractivity contribution in [3.05, 3.63) is 180 Å². The van der Waals surface area contributed by atoms with Crippen molar-refractivity contribution >= 4 is 63.0 Å². The first-order valence-corrected chi connectivity index (χ1v) is 18.7. The molecule has 3 heterocycles. The van der Waals surface area contributed by atoms with Crippen LogP contribution in [0.1, 0.15) is 35.2 Å². The van der Waals surface area contributed by atoms with Gasteiger partial charge in [-0.2, -0.15) is 0 Å². The number of nitrogens with one attached hydrogen (secondary N) is 3. The second-order valence-electron chi connectivity index (χ2n) is 13.1. The van der Waals surface area contributed by atoms with E-state index in [4.69, 9.17) is 0 Å². The van der Waals surface area contributed by atoms with Crippen molar-refractivity contribution in [2.75, 3.05) is 0 Å². The Labute approximate surface area is 298 Å². The van der Waals surface area contributed by atoms with Crippen LogP contribution in [0.3, 0.4) is 0 Å². The van der Waals surface area contributed by atoms with Gasteiger partial charge in [-0.25, -0.2) is 0 Å². The Morgan fingerprint density at radius 2 is 0.740 bits per heavy atom. The third-order valence-electron chi connectivity index (χ3n) is 10.0. The largest absolute Gasteiger partial charge is 0.279 e. The molecule has 9 aromatic rings. The summed E-state index contributed by atoms with van der Waals surface area (Å²) in [6.45, 7) is 0. The van der Waals surface area contributed by atoms with E-state index < -0.39 is 0 Å². The van der Waals surface area contributed by atoms with Gasteiger partial charge in [0.05, 0.1) is 18.5 Å². The van der Waals surface area contributed by atoms with Crippen molar-refractivity contribution in [2.24, 2.45) is 0 Å². The second kappa shape index (κ2) is 12.3. The summed E-state index contributed by atoms with van der Waals surface area (Å²) in [6.07, 6.45) is 0.00534. The van der Waals surface area contributed by atoms with E-state index in [1.165, 1.54) is 79.3 Å². The van der Waals surface area contributed by atoms with Crippen LogP contribution in [0.5, 0.6) is 0 Å². The first kappa shape index (κ1) is 29.7. The van der Waals surface area contributed by atoms with E-state index in [1.54, 1.807) is 0 Å². The molecule has 2 aromatic heterocycles. The van der Waals surface area contributed by atoms with Crippen LogP contribution < -0.4 is 16.0 Å². The minimum absolute atomic E-state index is 0.0122. The zero-order valence-corrected chi connectivity index (χ0v) is 28.8. The average Bonchev–Trinajstić information content (AvgIpc) is 3.75. The van der Waals surface area contributed by atoms with Gasteiger partial charge in [-0.3, -0.25) is 16.0 Å². The van der Waals surface area contributed by atoms with Crippen molar-refractivity contribution in [1.29, 1.82) is 0 Å². The van der Waals surface area contributed by atoms with Crippen molar-refractivity contribution in [2.45, 2.75) is 18.5 Å². The predicted octanol–water partition coefficient (Wildman–Crippen LogP) is 11.9. The maximum Gasteiger partial charge on any atom is 0.0865 e. The molecule has 2 unspecified atom stereocenters. The molecule has 10 rings (SSSR count). The van der Waals surface area contributed by atoms with E-state index in [0.29, 0.717) is 0 Å². The van der Waals surface area contributed by atoms with Crippen LogP contribution in [-0.4, -0.2) is 0 Å². The molecule has 1 fully saturated rings. The Morgan fingerprint density at radius 1 is 0.300 bits per heavy atom. The zero-order chi connectivity index (χ0) is 33.0. The molecule has 0 radical (unpaired) electrons. The van der Waals surface area contributed by atoms with Crippen LogP contribution in [0.2, 0.25) is 0 Å². The predicted molar refractivity (Wildman–Crippen MR) is 214 cm³/mol. The smallest absolute Gasteiger partial charge is 0.0865 e. The summed E-state index contributed by atoms with van der Waals surface area (Å²) in [4.78, 5) is 0. The lowest BCUT2D eigenvalue weighted by Crippen LogP contribution is -2.54. The summed E-state index contributed by atoms with van der Waals surface area (Å²) in [7, 11) is 0. The molecule has 7 aromatic carbocycles. The van der Waals surface area contributed by atoms with Crippen molar-refractivity contribution in [3.63, 3.8) is 0 Å². The highest BCUT2D eigenvalue weighted by Crippen LogP contribution is 2.40. The van der Waals surface area contributed by atoms with E-state index in [-0.39, 0.29) is 18.5 Å². The molecule has 0 aliphatic carbocycles. The normalized spacial score (nSPS) is 18.0. The third-order valence-corrected chi connectivity index (χ3v) is 12.3. The molecule has 5 heteroatoms. The Hall–Kier alpha value is -5.14. The van der Waals surface area contributed by atoms with Crippen LogP contribution in [0.15, 0.2) is 164 Å². The van der Waals surface area contributed by atoms with Gasteiger partial charge < -0.3 is 0 Å². The fraction of sp³-hybridized carbons (Fsp3) is 0.0667. The molecule has 3 N–H and O–H groups in total. The topological polar surface area (TPSA) is 36.1 Å². The quantitative estimate of drug-likeness (QED) is 0.169. The average molecular weight is 680 g/mol. The monoisotopic (exact) mass is 679 g/mol. The maximum atomic E-state index is 3.83. The summed E-state index contributed by atoms with van der Waals surface area (Å²) >= 11 is 3.74. The number of rotatable bonds is 5. The molecule has 1 saturated heterocycles. The first-order chi connectivity index (χ1) is 24.7. The molecular weight excluding hydrogens is 647 g/mol. The van der Waals surface area contributed by atoms with E-state index in [2.05, 4.69) is 180 Å². The van der Waals surface area contributed by atoms with E-state index >= 15 is 0 Å². The maximum absolute atomic E-state index is 3.83. The summed E-state index contributed by atoms with van der Waals surface area (Å²) in [5.74, 6) is 0. The lowest BCUT2D eigenvalue weighted by molar-refractivity contribution is 0.203. The van der Waals surface area contributed by atoms with E-state index in [0.717, 1.165) is 0 Å². The van der Waals surface area contributed by atoms with Crippen molar-refractivity contribution in [3.8, 4) is 22.3 Å². The fourth-order valence-electron chi connectivity index (χ4n) is 7.43. The highest BCUT2D eigenvalue weighted by molar-refractivity contribution is 7.26. The van der Waals surface area contributed by atoms with Gasteiger partial charge in [0.2, 0.25) is 0 Å². The molecular formula is C45H33N3S2. The lowest BCUT2D eigenvalue weighted by atomic mass is 9.98. The highest BCUT2D eigenvalue weighted by Gasteiger charge is 2.29. The van der Waals surface area contributed by atoms with E-state index in [1.807, 2.05) is 22.7 Å². The van der Waals surface area contributed by atoms with Crippen LogP contribution in [-0.2, 0) is 0 Å². The Balaban J connectivity index is 0.953. The summed E-state index contributed by atoms with van der Waals surface area (Å²) < 4.78 is 5.29.